The van der Waals surface area contributed by atoms with Crippen LogP contribution in [0, 0.1) is 5.41 Å². The Morgan fingerprint density at radius 2 is 1.87 bits per heavy atom. The van der Waals surface area contributed by atoms with Crippen molar-refractivity contribution in [2.75, 3.05) is 49.2 Å². The molecule has 0 N–H and O–H groups in total. The summed E-state index contributed by atoms with van der Waals surface area (Å²) in [6.45, 7) is 4.34. The topological polar surface area (TPSA) is 72.2 Å². The highest BCUT2D eigenvalue weighted by Crippen LogP contribution is 2.43. The Balaban J connectivity index is 1.17. The smallest absolute Gasteiger partial charge is 0.377 e. The molecule has 3 fully saturated rings. The summed E-state index contributed by atoms with van der Waals surface area (Å²) in [4.78, 5) is 17.0. The number of anilines is 2. The molecule has 31 heavy (non-hydrogen) atoms. The number of alkyl halides is 3. The molecule has 3 aliphatic heterocycles. The summed E-state index contributed by atoms with van der Waals surface area (Å²) < 4.78 is 46.1. The largest absolute Gasteiger partial charge is 0.433 e. The van der Waals surface area contributed by atoms with Crippen molar-refractivity contribution in [3.63, 3.8) is 0 Å². The van der Waals surface area contributed by atoms with Crippen molar-refractivity contribution in [3.05, 3.63) is 36.4 Å². The zero-order chi connectivity index (χ0) is 21.2. The van der Waals surface area contributed by atoms with Crippen molar-refractivity contribution in [3.8, 4) is 0 Å². The highest BCUT2D eigenvalue weighted by molar-refractivity contribution is 5.71. The molecule has 3 aromatic rings. The first-order valence-corrected chi connectivity index (χ1v) is 10.2. The van der Waals surface area contributed by atoms with E-state index in [1.54, 1.807) is 18.5 Å². The van der Waals surface area contributed by atoms with Gasteiger partial charge >= 0.3 is 6.18 Å². The van der Waals surface area contributed by atoms with Crippen LogP contribution in [0.5, 0.6) is 0 Å². The molecule has 6 heterocycles. The van der Waals surface area contributed by atoms with Crippen LogP contribution in [-0.2, 0) is 10.9 Å². The van der Waals surface area contributed by atoms with Gasteiger partial charge in [-0.1, -0.05) is 0 Å². The molecule has 1 spiro atoms. The first-order valence-electron chi connectivity index (χ1n) is 10.2. The number of rotatable bonds is 3. The van der Waals surface area contributed by atoms with Crippen molar-refractivity contribution >= 4 is 22.7 Å². The maximum Gasteiger partial charge on any atom is 0.433 e. The summed E-state index contributed by atoms with van der Waals surface area (Å²) in [5.41, 5.74) is 1.30. The Labute approximate surface area is 175 Å². The second kappa shape index (κ2) is 6.52. The van der Waals surface area contributed by atoms with Gasteiger partial charge in [-0.25, -0.2) is 14.6 Å². The SMILES string of the molecule is FC(F)(F)c1cc(N2CCC3(C2)CN(c2cnc4cnn(C5COC5)c4n2)C3)ccn1. The van der Waals surface area contributed by atoms with Crippen LogP contribution in [0.15, 0.2) is 30.7 Å². The van der Waals surface area contributed by atoms with E-state index in [-0.39, 0.29) is 11.5 Å². The fourth-order valence-corrected chi connectivity index (χ4v) is 4.71. The van der Waals surface area contributed by atoms with Crippen LogP contribution in [0.3, 0.4) is 0 Å². The molecular weight excluding hydrogens is 411 g/mol. The molecule has 6 rings (SSSR count). The molecule has 11 heteroatoms. The second-order valence-electron chi connectivity index (χ2n) is 8.64. The average molecular weight is 431 g/mol. The molecule has 0 radical (unpaired) electrons. The van der Waals surface area contributed by atoms with Crippen molar-refractivity contribution in [2.45, 2.75) is 18.6 Å². The van der Waals surface area contributed by atoms with E-state index in [0.29, 0.717) is 18.9 Å². The Morgan fingerprint density at radius 3 is 2.61 bits per heavy atom. The van der Waals surface area contributed by atoms with Crippen molar-refractivity contribution < 1.29 is 17.9 Å². The number of nitrogens with zero attached hydrogens (tertiary/aromatic N) is 7. The molecular formula is C20H20F3N7O. The van der Waals surface area contributed by atoms with Gasteiger partial charge in [-0.3, -0.25) is 4.98 Å². The zero-order valence-corrected chi connectivity index (χ0v) is 16.6. The number of ether oxygens (including phenoxy) is 1. The van der Waals surface area contributed by atoms with Gasteiger partial charge in [0.15, 0.2) is 5.65 Å². The number of pyridine rings is 1. The molecule has 0 amide bonds. The van der Waals surface area contributed by atoms with Gasteiger partial charge in [0.2, 0.25) is 0 Å². The van der Waals surface area contributed by atoms with Gasteiger partial charge in [0, 0.05) is 43.5 Å². The van der Waals surface area contributed by atoms with Gasteiger partial charge in [0.05, 0.1) is 25.6 Å². The molecule has 3 aliphatic rings. The van der Waals surface area contributed by atoms with Crippen LogP contribution in [0.25, 0.3) is 11.2 Å². The average Bonchev–Trinajstić information content (AvgIpc) is 3.30. The van der Waals surface area contributed by atoms with Crippen molar-refractivity contribution in [2.24, 2.45) is 5.41 Å². The van der Waals surface area contributed by atoms with Gasteiger partial charge in [0.25, 0.3) is 0 Å². The summed E-state index contributed by atoms with van der Waals surface area (Å²) in [7, 11) is 0. The van der Waals surface area contributed by atoms with Gasteiger partial charge in [-0.05, 0) is 18.6 Å². The highest BCUT2D eigenvalue weighted by Gasteiger charge is 2.48. The van der Waals surface area contributed by atoms with E-state index in [9.17, 15) is 13.2 Å². The standard InChI is InChI=1S/C20H20F3N7O/c21-20(22,23)16-5-13(1-3-24-16)28-4-2-19(10-28)11-29(12-19)17-7-25-15-6-26-30(18(15)27-17)14-8-31-9-14/h1,3,5-7,14H,2,4,8-12H2. The van der Waals surface area contributed by atoms with Crippen molar-refractivity contribution in [1.82, 2.24) is 24.7 Å². The van der Waals surface area contributed by atoms with E-state index < -0.39 is 11.9 Å². The van der Waals surface area contributed by atoms with E-state index in [4.69, 9.17) is 9.72 Å². The molecule has 0 saturated carbocycles. The van der Waals surface area contributed by atoms with Gasteiger partial charge < -0.3 is 14.5 Å². The third-order valence-electron chi connectivity index (χ3n) is 6.47. The Morgan fingerprint density at radius 1 is 1.06 bits per heavy atom. The molecule has 0 aromatic carbocycles. The van der Waals surface area contributed by atoms with Crippen LogP contribution < -0.4 is 9.80 Å². The zero-order valence-electron chi connectivity index (χ0n) is 16.6. The maximum absolute atomic E-state index is 13.0. The lowest BCUT2D eigenvalue weighted by atomic mass is 9.79. The fourth-order valence-electron chi connectivity index (χ4n) is 4.71. The van der Waals surface area contributed by atoms with E-state index >= 15 is 0 Å². The van der Waals surface area contributed by atoms with Gasteiger partial charge in [-0.15, -0.1) is 0 Å². The fraction of sp³-hybridized carbons (Fsp3) is 0.500. The lowest BCUT2D eigenvalue weighted by Gasteiger charge is -2.48. The second-order valence-corrected chi connectivity index (χ2v) is 8.64. The molecule has 3 saturated heterocycles. The third-order valence-corrected chi connectivity index (χ3v) is 6.47. The minimum atomic E-state index is -4.43. The Hall–Kier alpha value is -2.95. The normalized spacial score (nSPS) is 21.0. The van der Waals surface area contributed by atoms with Crippen LogP contribution in [0.2, 0.25) is 0 Å². The third kappa shape index (κ3) is 3.10. The number of hydrogen-bond acceptors (Lipinski definition) is 7. The number of aromatic nitrogens is 5. The molecule has 162 valence electrons. The summed E-state index contributed by atoms with van der Waals surface area (Å²) in [5.74, 6) is 0.807. The Kier molecular flexibility index (Phi) is 3.95. The highest BCUT2D eigenvalue weighted by atomic mass is 19.4. The number of fused-ring (bicyclic) bond motifs is 1. The van der Waals surface area contributed by atoms with Gasteiger partial charge in [-0.2, -0.15) is 18.3 Å². The minimum Gasteiger partial charge on any atom is -0.377 e. The predicted molar refractivity (Wildman–Crippen MR) is 106 cm³/mol. The lowest BCUT2D eigenvalue weighted by Crippen LogP contribution is -2.58. The quantitative estimate of drug-likeness (QED) is 0.631. The molecule has 0 bridgehead atoms. The summed E-state index contributed by atoms with van der Waals surface area (Å²) >= 11 is 0. The summed E-state index contributed by atoms with van der Waals surface area (Å²) in [6, 6.07) is 2.99. The summed E-state index contributed by atoms with van der Waals surface area (Å²) in [5, 5.41) is 4.40. The predicted octanol–water partition coefficient (Wildman–Crippen LogP) is 2.53. The van der Waals surface area contributed by atoms with Crippen LogP contribution in [-0.4, -0.2) is 64.1 Å². The Bertz CT molecular complexity index is 1140. The molecule has 8 nitrogen and oxygen atoms in total. The first kappa shape index (κ1) is 18.8. The van der Waals surface area contributed by atoms with E-state index in [1.807, 2.05) is 9.58 Å². The summed E-state index contributed by atoms with van der Waals surface area (Å²) in [6.07, 6.45) is 1.22. The molecule has 3 aromatic heterocycles. The number of halogens is 3. The van der Waals surface area contributed by atoms with E-state index in [0.717, 1.165) is 55.6 Å². The van der Waals surface area contributed by atoms with E-state index in [1.165, 1.54) is 6.20 Å². The minimum absolute atomic E-state index is 0.0559. The van der Waals surface area contributed by atoms with Crippen LogP contribution >= 0.6 is 0 Å². The van der Waals surface area contributed by atoms with Crippen LogP contribution in [0.4, 0.5) is 24.7 Å². The van der Waals surface area contributed by atoms with Gasteiger partial charge in [0.1, 0.15) is 23.1 Å². The monoisotopic (exact) mass is 431 g/mol. The molecule has 0 unspecified atom stereocenters. The first-order chi connectivity index (χ1) is 14.9. The molecule has 0 atom stereocenters. The van der Waals surface area contributed by atoms with Crippen molar-refractivity contribution in [1.29, 1.82) is 0 Å². The number of hydrogen-bond donors (Lipinski definition) is 0. The lowest BCUT2D eigenvalue weighted by molar-refractivity contribution is -0.141. The van der Waals surface area contributed by atoms with Crippen LogP contribution in [0.1, 0.15) is 18.2 Å². The molecule has 0 aliphatic carbocycles. The van der Waals surface area contributed by atoms with E-state index in [2.05, 4.69) is 20.0 Å². The maximum atomic E-state index is 13.0.